The third-order valence-corrected chi connectivity index (χ3v) is 6.73. The third-order valence-electron chi connectivity index (χ3n) is 6.73. The first-order valence-corrected chi connectivity index (χ1v) is 9.35. The number of likely N-dealkylation sites (tertiary alicyclic amines) is 1. The number of anilines is 1. The predicted octanol–water partition coefficient (Wildman–Crippen LogP) is 2.36. The SMILES string of the molecule is CC(=O)N(CN1C(=O)[C@@H]2[C@@H]3C=C[C@H]([C@H]4C[C@@H]34)[C@@H]2C1=O)c1cccc(C)c1. The van der Waals surface area contributed by atoms with Crippen LogP contribution in [0.5, 0.6) is 0 Å². The van der Waals surface area contributed by atoms with Gasteiger partial charge in [0.2, 0.25) is 17.7 Å². The van der Waals surface area contributed by atoms with Crippen LogP contribution >= 0.6 is 0 Å². The second-order valence-corrected chi connectivity index (χ2v) is 8.19. The highest BCUT2D eigenvalue weighted by Gasteiger charge is 2.67. The Balaban J connectivity index is 1.45. The van der Waals surface area contributed by atoms with E-state index in [9.17, 15) is 14.4 Å². The fraction of sp³-hybridized carbons (Fsp3) is 0.476. The molecule has 2 saturated carbocycles. The lowest BCUT2D eigenvalue weighted by Gasteiger charge is -2.37. The van der Waals surface area contributed by atoms with Crippen LogP contribution in [0.1, 0.15) is 18.9 Å². The predicted molar refractivity (Wildman–Crippen MR) is 95.8 cm³/mol. The number of allylic oxidation sites excluding steroid dienone is 2. The van der Waals surface area contributed by atoms with Gasteiger partial charge in [0.1, 0.15) is 6.67 Å². The van der Waals surface area contributed by atoms with Gasteiger partial charge in [0.05, 0.1) is 11.8 Å². The van der Waals surface area contributed by atoms with Crippen molar-refractivity contribution < 1.29 is 14.4 Å². The zero-order valence-electron chi connectivity index (χ0n) is 15.0. The second-order valence-electron chi connectivity index (χ2n) is 8.19. The first-order valence-electron chi connectivity index (χ1n) is 9.35. The van der Waals surface area contributed by atoms with Crippen LogP contribution in [0.25, 0.3) is 0 Å². The Labute approximate surface area is 152 Å². The van der Waals surface area contributed by atoms with Gasteiger partial charge in [-0.05, 0) is 54.7 Å². The number of hydrogen-bond acceptors (Lipinski definition) is 3. The lowest BCUT2D eigenvalue weighted by atomic mass is 9.63. The van der Waals surface area contributed by atoms with Crippen LogP contribution in [-0.4, -0.2) is 29.3 Å². The molecule has 1 aliphatic heterocycles. The van der Waals surface area contributed by atoms with Crippen molar-refractivity contribution in [3.8, 4) is 0 Å². The van der Waals surface area contributed by atoms with E-state index in [1.807, 2.05) is 31.2 Å². The van der Waals surface area contributed by atoms with Gasteiger partial charge in [-0.15, -0.1) is 0 Å². The van der Waals surface area contributed by atoms with Gasteiger partial charge < -0.3 is 0 Å². The summed E-state index contributed by atoms with van der Waals surface area (Å²) in [4.78, 5) is 41.3. The fourth-order valence-electron chi connectivity index (χ4n) is 5.46. The molecule has 134 valence electrons. The Kier molecular flexibility index (Phi) is 3.21. The molecular weight excluding hydrogens is 328 g/mol. The topological polar surface area (TPSA) is 57.7 Å². The van der Waals surface area contributed by atoms with Crippen molar-refractivity contribution in [2.24, 2.45) is 35.5 Å². The number of aryl methyl sites for hydroxylation is 1. The van der Waals surface area contributed by atoms with Gasteiger partial charge in [0.15, 0.2) is 0 Å². The Bertz CT molecular complexity index is 825. The Morgan fingerprint density at radius 3 is 2.27 bits per heavy atom. The van der Waals surface area contributed by atoms with Crippen LogP contribution in [0.15, 0.2) is 36.4 Å². The van der Waals surface area contributed by atoms with Crippen LogP contribution in [0.2, 0.25) is 0 Å². The minimum atomic E-state index is -0.215. The van der Waals surface area contributed by atoms with Gasteiger partial charge in [-0.25, -0.2) is 0 Å². The number of benzene rings is 1. The number of amides is 3. The number of carbonyl (C=O) groups excluding carboxylic acids is 3. The molecule has 1 aromatic rings. The van der Waals surface area contributed by atoms with Crippen LogP contribution in [-0.2, 0) is 14.4 Å². The van der Waals surface area contributed by atoms with Crippen molar-refractivity contribution in [2.75, 3.05) is 11.6 Å². The molecular formula is C21H22N2O3. The Morgan fingerprint density at radius 2 is 1.73 bits per heavy atom. The molecule has 0 spiro atoms. The summed E-state index contributed by atoms with van der Waals surface area (Å²) in [5.74, 6) is 0.803. The second kappa shape index (κ2) is 5.29. The van der Waals surface area contributed by atoms with Crippen LogP contribution < -0.4 is 4.90 Å². The van der Waals surface area contributed by atoms with E-state index in [-0.39, 0.29) is 48.1 Å². The summed E-state index contributed by atoms with van der Waals surface area (Å²) < 4.78 is 0. The molecule has 0 radical (unpaired) electrons. The van der Waals surface area contributed by atoms with Gasteiger partial charge in [0, 0.05) is 12.6 Å². The van der Waals surface area contributed by atoms with E-state index >= 15 is 0 Å². The third kappa shape index (κ3) is 2.06. The molecule has 1 saturated heterocycles. The monoisotopic (exact) mass is 350 g/mol. The van der Waals surface area contributed by atoms with E-state index in [1.54, 1.807) is 0 Å². The van der Waals surface area contributed by atoms with Gasteiger partial charge in [-0.3, -0.25) is 24.2 Å². The van der Waals surface area contributed by atoms with Gasteiger partial charge >= 0.3 is 0 Å². The average Bonchev–Trinajstić information content (AvgIpc) is 3.39. The molecule has 1 heterocycles. The molecule has 6 atom stereocenters. The highest BCUT2D eigenvalue weighted by Crippen LogP contribution is 2.65. The maximum absolute atomic E-state index is 13.1. The molecule has 3 amide bonds. The molecule has 4 aliphatic carbocycles. The van der Waals surface area contributed by atoms with E-state index in [2.05, 4.69) is 12.2 Å². The number of imide groups is 1. The number of nitrogens with zero attached hydrogens (tertiary/aromatic N) is 2. The fourth-order valence-corrected chi connectivity index (χ4v) is 5.46. The van der Waals surface area contributed by atoms with Crippen molar-refractivity contribution in [1.29, 1.82) is 0 Å². The highest BCUT2D eigenvalue weighted by molar-refractivity contribution is 6.07. The summed E-state index contributed by atoms with van der Waals surface area (Å²) in [6.07, 6.45) is 5.48. The van der Waals surface area contributed by atoms with Crippen LogP contribution in [0.3, 0.4) is 0 Å². The molecule has 2 bridgehead atoms. The minimum absolute atomic E-state index is 0.0121. The van der Waals surface area contributed by atoms with Crippen molar-refractivity contribution in [1.82, 2.24) is 4.90 Å². The van der Waals surface area contributed by atoms with Crippen LogP contribution in [0, 0.1) is 42.4 Å². The molecule has 5 heteroatoms. The maximum Gasteiger partial charge on any atom is 0.235 e. The van der Waals surface area contributed by atoms with E-state index < -0.39 is 0 Å². The van der Waals surface area contributed by atoms with Gasteiger partial charge in [-0.1, -0.05) is 24.3 Å². The molecule has 0 N–H and O–H groups in total. The Hall–Kier alpha value is -2.43. The standard InChI is InChI=1S/C21H22N2O3/c1-11-4-3-5-13(8-11)22(12(2)24)10-23-20(25)18-14-6-7-15(17-9-16(14)17)19(18)21(23)26/h3-8,14-19H,9-10H2,1-2H3/t14-,15-,16-,17+,18+,19-/m1/s1. The molecule has 5 aliphatic rings. The van der Waals surface area contributed by atoms with Gasteiger partial charge in [0.25, 0.3) is 0 Å². The minimum Gasteiger partial charge on any atom is -0.294 e. The van der Waals surface area contributed by atoms with E-state index in [1.165, 1.54) is 16.7 Å². The quantitative estimate of drug-likeness (QED) is 0.621. The van der Waals surface area contributed by atoms with Crippen molar-refractivity contribution in [3.05, 3.63) is 42.0 Å². The lowest BCUT2D eigenvalue weighted by molar-refractivity contribution is -0.140. The van der Waals surface area contributed by atoms with Crippen molar-refractivity contribution >= 4 is 23.4 Å². The lowest BCUT2D eigenvalue weighted by Crippen LogP contribution is -2.44. The molecule has 1 aromatic carbocycles. The zero-order valence-corrected chi connectivity index (χ0v) is 15.0. The summed E-state index contributed by atoms with van der Waals surface area (Å²) in [5, 5.41) is 0. The number of carbonyl (C=O) groups is 3. The average molecular weight is 350 g/mol. The molecule has 6 rings (SSSR count). The van der Waals surface area contributed by atoms with Crippen molar-refractivity contribution in [2.45, 2.75) is 20.3 Å². The number of hydrogen-bond donors (Lipinski definition) is 0. The van der Waals surface area contributed by atoms with E-state index in [4.69, 9.17) is 0 Å². The summed E-state index contributed by atoms with van der Waals surface area (Å²) in [6.45, 7) is 3.44. The Morgan fingerprint density at radius 1 is 1.12 bits per heavy atom. The summed E-state index contributed by atoms with van der Waals surface area (Å²) in [7, 11) is 0. The first kappa shape index (κ1) is 15.8. The van der Waals surface area contributed by atoms with Crippen molar-refractivity contribution in [3.63, 3.8) is 0 Å². The molecule has 3 fully saturated rings. The molecule has 26 heavy (non-hydrogen) atoms. The normalized spacial score (nSPS) is 36.2. The van der Waals surface area contributed by atoms with Crippen LogP contribution in [0.4, 0.5) is 5.69 Å². The summed E-state index contributed by atoms with van der Waals surface area (Å²) in [5.41, 5.74) is 1.75. The van der Waals surface area contributed by atoms with E-state index in [0.717, 1.165) is 17.7 Å². The summed E-state index contributed by atoms with van der Waals surface area (Å²) in [6, 6.07) is 7.58. The number of rotatable bonds is 3. The first-order chi connectivity index (χ1) is 12.5. The summed E-state index contributed by atoms with van der Waals surface area (Å²) >= 11 is 0. The molecule has 0 unspecified atom stereocenters. The maximum atomic E-state index is 13.1. The van der Waals surface area contributed by atoms with Gasteiger partial charge in [-0.2, -0.15) is 0 Å². The molecule has 5 nitrogen and oxygen atoms in total. The highest BCUT2D eigenvalue weighted by atomic mass is 16.2. The van der Waals surface area contributed by atoms with E-state index in [0.29, 0.717) is 11.8 Å². The largest absolute Gasteiger partial charge is 0.294 e. The smallest absolute Gasteiger partial charge is 0.235 e. The zero-order chi connectivity index (χ0) is 18.2. The molecule has 0 aromatic heterocycles.